The highest BCUT2D eigenvalue weighted by molar-refractivity contribution is 5.86. The first-order valence-electron chi connectivity index (χ1n) is 7.85. The van der Waals surface area contributed by atoms with E-state index in [4.69, 9.17) is 5.73 Å². The standard InChI is InChI=1S/C15H29N3O/c1-3-17-15(14(16)19,13-6-7-13)11-18-9-4-5-12(2)8-10-18/h12-13,17H,3-11H2,1-2H3,(H2,16,19). The van der Waals surface area contributed by atoms with Crippen molar-refractivity contribution < 1.29 is 4.79 Å². The van der Waals surface area contributed by atoms with Crippen LogP contribution in [-0.2, 0) is 4.79 Å². The van der Waals surface area contributed by atoms with Gasteiger partial charge in [0, 0.05) is 6.54 Å². The lowest BCUT2D eigenvalue weighted by Gasteiger charge is -2.36. The number of nitrogens with one attached hydrogen (secondary N) is 1. The van der Waals surface area contributed by atoms with Gasteiger partial charge in [-0.2, -0.15) is 0 Å². The molecule has 2 aliphatic rings. The van der Waals surface area contributed by atoms with Crippen molar-refractivity contribution in [2.45, 2.75) is 51.5 Å². The average molecular weight is 267 g/mol. The first kappa shape index (κ1) is 14.8. The minimum absolute atomic E-state index is 0.158. The van der Waals surface area contributed by atoms with E-state index in [1.54, 1.807) is 0 Å². The molecule has 1 saturated carbocycles. The molecule has 3 N–H and O–H groups in total. The van der Waals surface area contributed by atoms with Crippen LogP contribution in [0.3, 0.4) is 0 Å². The maximum atomic E-state index is 12.0. The van der Waals surface area contributed by atoms with Gasteiger partial charge in [0.1, 0.15) is 5.54 Å². The fourth-order valence-corrected chi connectivity index (χ4v) is 3.42. The Labute approximate surface area is 117 Å². The molecule has 0 spiro atoms. The van der Waals surface area contributed by atoms with Gasteiger partial charge in [-0.1, -0.05) is 13.8 Å². The van der Waals surface area contributed by atoms with Crippen LogP contribution in [0, 0.1) is 11.8 Å². The molecule has 0 radical (unpaired) electrons. The summed E-state index contributed by atoms with van der Waals surface area (Å²) in [6, 6.07) is 0. The molecule has 110 valence electrons. The Bertz CT molecular complexity index is 317. The molecule has 4 nitrogen and oxygen atoms in total. The van der Waals surface area contributed by atoms with Crippen molar-refractivity contribution in [2.24, 2.45) is 17.6 Å². The van der Waals surface area contributed by atoms with Gasteiger partial charge in [-0.15, -0.1) is 0 Å². The summed E-state index contributed by atoms with van der Waals surface area (Å²) in [6.45, 7) is 8.21. The number of hydrogen-bond donors (Lipinski definition) is 2. The highest BCUT2D eigenvalue weighted by Gasteiger charge is 2.50. The van der Waals surface area contributed by atoms with Crippen molar-refractivity contribution in [1.29, 1.82) is 0 Å². The lowest BCUT2D eigenvalue weighted by molar-refractivity contribution is -0.126. The van der Waals surface area contributed by atoms with Gasteiger partial charge in [-0.3, -0.25) is 4.79 Å². The molecule has 1 aliphatic carbocycles. The zero-order valence-electron chi connectivity index (χ0n) is 12.5. The topological polar surface area (TPSA) is 58.4 Å². The second-order valence-electron chi connectivity index (χ2n) is 6.45. The summed E-state index contributed by atoms with van der Waals surface area (Å²) >= 11 is 0. The van der Waals surface area contributed by atoms with Gasteiger partial charge in [0.15, 0.2) is 0 Å². The molecule has 1 saturated heterocycles. The Morgan fingerprint density at radius 3 is 2.63 bits per heavy atom. The van der Waals surface area contributed by atoms with Gasteiger partial charge in [0.2, 0.25) is 5.91 Å². The Morgan fingerprint density at radius 1 is 1.32 bits per heavy atom. The number of rotatable bonds is 6. The average Bonchev–Trinajstić information content (AvgIpc) is 3.17. The molecule has 1 heterocycles. The minimum atomic E-state index is -0.484. The third-order valence-electron chi connectivity index (χ3n) is 4.79. The largest absolute Gasteiger partial charge is 0.368 e. The van der Waals surface area contributed by atoms with Crippen LogP contribution < -0.4 is 11.1 Å². The van der Waals surface area contributed by atoms with Gasteiger partial charge < -0.3 is 16.0 Å². The van der Waals surface area contributed by atoms with Crippen molar-refractivity contribution in [2.75, 3.05) is 26.2 Å². The number of carbonyl (C=O) groups excluding carboxylic acids is 1. The van der Waals surface area contributed by atoms with Crippen LogP contribution >= 0.6 is 0 Å². The van der Waals surface area contributed by atoms with E-state index in [0.29, 0.717) is 5.92 Å². The molecule has 0 aromatic carbocycles. The predicted molar refractivity (Wildman–Crippen MR) is 77.8 cm³/mol. The molecule has 2 fully saturated rings. The van der Waals surface area contributed by atoms with Gasteiger partial charge >= 0.3 is 0 Å². The van der Waals surface area contributed by atoms with Crippen LogP contribution in [0.2, 0.25) is 0 Å². The van der Waals surface area contributed by atoms with E-state index in [9.17, 15) is 4.79 Å². The fraction of sp³-hybridized carbons (Fsp3) is 0.933. The van der Waals surface area contributed by atoms with E-state index in [1.165, 1.54) is 19.3 Å². The number of nitrogens with two attached hydrogens (primary N) is 1. The third kappa shape index (κ3) is 3.48. The quantitative estimate of drug-likeness (QED) is 0.764. The summed E-state index contributed by atoms with van der Waals surface area (Å²) in [5.41, 5.74) is 5.27. The summed E-state index contributed by atoms with van der Waals surface area (Å²) in [4.78, 5) is 14.5. The summed E-state index contributed by atoms with van der Waals surface area (Å²) in [5, 5.41) is 3.42. The summed E-state index contributed by atoms with van der Waals surface area (Å²) in [6.07, 6.45) is 6.07. The zero-order valence-corrected chi connectivity index (χ0v) is 12.5. The monoisotopic (exact) mass is 267 g/mol. The summed E-state index contributed by atoms with van der Waals surface area (Å²) < 4.78 is 0. The lowest BCUT2D eigenvalue weighted by atomic mass is 9.91. The maximum absolute atomic E-state index is 12.0. The molecule has 1 aliphatic heterocycles. The second kappa shape index (κ2) is 6.23. The van der Waals surface area contributed by atoms with Crippen molar-refractivity contribution in [3.63, 3.8) is 0 Å². The van der Waals surface area contributed by atoms with Crippen molar-refractivity contribution in [3.8, 4) is 0 Å². The number of carbonyl (C=O) groups is 1. The second-order valence-corrected chi connectivity index (χ2v) is 6.45. The first-order valence-corrected chi connectivity index (χ1v) is 7.85. The normalized spacial score (nSPS) is 28.6. The highest BCUT2D eigenvalue weighted by Crippen LogP contribution is 2.40. The van der Waals surface area contributed by atoms with Crippen LogP contribution in [0.25, 0.3) is 0 Å². The van der Waals surface area contributed by atoms with Gasteiger partial charge in [-0.05, 0) is 63.6 Å². The van der Waals surface area contributed by atoms with Crippen LogP contribution in [0.5, 0.6) is 0 Å². The first-order chi connectivity index (χ1) is 9.08. The summed E-state index contributed by atoms with van der Waals surface area (Å²) in [5.74, 6) is 1.10. The van der Waals surface area contributed by atoms with E-state index in [1.807, 2.05) is 0 Å². The molecule has 2 rings (SSSR count). The van der Waals surface area contributed by atoms with E-state index < -0.39 is 5.54 Å². The number of amides is 1. The number of likely N-dealkylation sites (tertiary alicyclic amines) is 1. The molecule has 0 aromatic rings. The smallest absolute Gasteiger partial charge is 0.239 e. The van der Waals surface area contributed by atoms with Crippen molar-refractivity contribution in [1.82, 2.24) is 10.2 Å². The molecular formula is C15H29N3O. The van der Waals surface area contributed by atoms with E-state index in [0.717, 1.165) is 44.9 Å². The molecule has 2 atom stereocenters. The number of hydrogen-bond acceptors (Lipinski definition) is 3. The fourth-order valence-electron chi connectivity index (χ4n) is 3.42. The van der Waals surface area contributed by atoms with Crippen LogP contribution in [0.4, 0.5) is 0 Å². The number of nitrogens with zero attached hydrogens (tertiary/aromatic N) is 1. The Balaban J connectivity index is 2.04. The minimum Gasteiger partial charge on any atom is -0.368 e. The van der Waals surface area contributed by atoms with Crippen LogP contribution in [-0.4, -0.2) is 42.5 Å². The lowest BCUT2D eigenvalue weighted by Crippen LogP contribution is -2.63. The molecular weight excluding hydrogens is 238 g/mol. The van der Waals surface area contributed by atoms with E-state index in [-0.39, 0.29) is 5.91 Å². The molecule has 19 heavy (non-hydrogen) atoms. The number of primary amides is 1. The van der Waals surface area contributed by atoms with Gasteiger partial charge in [-0.25, -0.2) is 0 Å². The summed E-state index contributed by atoms with van der Waals surface area (Å²) in [7, 11) is 0. The van der Waals surface area contributed by atoms with Gasteiger partial charge in [0.05, 0.1) is 0 Å². The predicted octanol–water partition coefficient (Wildman–Crippen LogP) is 1.35. The molecule has 0 aromatic heterocycles. The third-order valence-corrected chi connectivity index (χ3v) is 4.79. The van der Waals surface area contributed by atoms with Crippen LogP contribution in [0.15, 0.2) is 0 Å². The van der Waals surface area contributed by atoms with Crippen LogP contribution in [0.1, 0.15) is 46.0 Å². The molecule has 4 heteroatoms. The maximum Gasteiger partial charge on any atom is 0.239 e. The molecule has 2 unspecified atom stereocenters. The van der Waals surface area contributed by atoms with Gasteiger partial charge in [0.25, 0.3) is 0 Å². The SMILES string of the molecule is CCNC(CN1CCCC(C)CC1)(C(N)=O)C1CC1. The Hall–Kier alpha value is -0.610. The Kier molecular flexibility index (Phi) is 4.85. The zero-order chi connectivity index (χ0) is 13.9. The number of likely N-dealkylation sites (N-methyl/N-ethyl adjacent to an activating group) is 1. The van der Waals surface area contributed by atoms with Crippen molar-refractivity contribution >= 4 is 5.91 Å². The molecule has 1 amide bonds. The van der Waals surface area contributed by atoms with E-state index in [2.05, 4.69) is 24.1 Å². The van der Waals surface area contributed by atoms with E-state index >= 15 is 0 Å². The molecule has 0 bridgehead atoms. The van der Waals surface area contributed by atoms with Crippen molar-refractivity contribution in [3.05, 3.63) is 0 Å². The highest BCUT2D eigenvalue weighted by atomic mass is 16.1. The Morgan fingerprint density at radius 2 is 2.05 bits per heavy atom.